The highest BCUT2D eigenvalue weighted by atomic mass is 32.5. The van der Waals surface area contributed by atoms with Crippen molar-refractivity contribution < 1.29 is 18.3 Å². The van der Waals surface area contributed by atoms with E-state index >= 15 is 0 Å². The summed E-state index contributed by atoms with van der Waals surface area (Å²) in [6.07, 6.45) is 0. The molecule has 1 rings (SSSR count). The second-order valence-corrected chi connectivity index (χ2v) is 6.03. The van der Waals surface area contributed by atoms with Gasteiger partial charge in [0.15, 0.2) is 11.5 Å². The van der Waals surface area contributed by atoms with Gasteiger partial charge in [0.25, 0.3) is 0 Å². The van der Waals surface area contributed by atoms with E-state index in [0.717, 1.165) is 0 Å². The quantitative estimate of drug-likeness (QED) is 0.768. The van der Waals surface area contributed by atoms with E-state index in [1.54, 1.807) is 18.2 Å². The SMILES string of the molecule is COc1cc(C#N)ccc1OP(=S)(OC)OC. The fourth-order valence-corrected chi connectivity index (χ4v) is 2.01. The Kier molecular flexibility index (Phi) is 4.91. The molecule has 0 N–H and O–H groups in total. The molecule has 0 saturated carbocycles. The molecule has 0 aliphatic heterocycles. The van der Waals surface area contributed by atoms with Crippen LogP contribution in [0.25, 0.3) is 0 Å². The van der Waals surface area contributed by atoms with Crippen LogP contribution in [0.1, 0.15) is 5.56 Å². The topological polar surface area (TPSA) is 60.7 Å². The Hall–Kier alpha value is -1.12. The van der Waals surface area contributed by atoms with Gasteiger partial charge < -0.3 is 18.3 Å². The van der Waals surface area contributed by atoms with Crippen molar-refractivity contribution in [2.24, 2.45) is 0 Å². The van der Waals surface area contributed by atoms with Gasteiger partial charge in [-0.3, -0.25) is 0 Å². The molecule has 0 spiro atoms. The summed E-state index contributed by atoms with van der Waals surface area (Å²) in [5, 5.41) is 8.76. The minimum absolute atomic E-state index is 0.388. The molecule has 92 valence electrons. The fraction of sp³-hybridized carbons (Fsp3) is 0.300. The van der Waals surface area contributed by atoms with Crippen LogP contribution in [0.3, 0.4) is 0 Å². The lowest BCUT2D eigenvalue weighted by Gasteiger charge is -2.19. The van der Waals surface area contributed by atoms with Gasteiger partial charge in [-0.05, 0) is 12.1 Å². The summed E-state index contributed by atoms with van der Waals surface area (Å²) in [5.41, 5.74) is 0.470. The number of hydrogen-bond donors (Lipinski definition) is 0. The van der Waals surface area contributed by atoms with Crippen molar-refractivity contribution in [3.05, 3.63) is 23.8 Å². The van der Waals surface area contributed by atoms with Gasteiger partial charge in [-0.15, -0.1) is 0 Å². The Labute approximate surface area is 105 Å². The monoisotopic (exact) mass is 273 g/mol. The van der Waals surface area contributed by atoms with Crippen molar-refractivity contribution in [1.29, 1.82) is 5.26 Å². The molecule has 0 aromatic heterocycles. The minimum Gasteiger partial charge on any atom is -0.493 e. The third kappa shape index (κ3) is 3.42. The standard InChI is InChI=1S/C10H12NO4PS/c1-12-10-6-8(7-11)4-5-9(10)15-16(17,13-2)14-3/h4-6H,1-3H3. The summed E-state index contributed by atoms with van der Waals surface area (Å²) in [6, 6.07) is 6.75. The molecule has 7 heteroatoms. The van der Waals surface area contributed by atoms with E-state index in [-0.39, 0.29) is 0 Å². The van der Waals surface area contributed by atoms with Gasteiger partial charge in [0.05, 0.1) is 18.7 Å². The van der Waals surface area contributed by atoms with Gasteiger partial charge >= 0.3 is 6.72 Å². The van der Waals surface area contributed by atoms with Crippen LogP contribution in [0.2, 0.25) is 0 Å². The van der Waals surface area contributed by atoms with Crippen LogP contribution in [-0.4, -0.2) is 21.3 Å². The van der Waals surface area contributed by atoms with E-state index in [1.807, 2.05) is 6.07 Å². The van der Waals surface area contributed by atoms with Crippen molar-refractivity contribution in [2.75, 3.05) is 21.3 Å². The van der Waals surface area contributed by atoms with Crippen LogP contribution in [0.15, 0.2) is 18.2 Å². The molecule has 0 bridgehead atoms. The van der Waals surface area contributed by atoms with E-state index in [9.17, 15) is 0 Å². The normalized spacial score (nSPS) is 10.7. The first-order valence-corrected chi connectivity index (χ1v) is 7.13. The molecular formula is C10H12NO4PS. The number of nitriles is 1. The Morgan fingerprint density at radius 2 is 1.82 bits per heavy atom. The number of benzene rings is 1. The number of rotatable bonds is 5. The first-order valence-electron chi connectivity index (χ1n) is 4.57. The Morgan fingerprint density at radius 1 is 1.18 bits per heavy atom. The summed E-state index contributed by atoms with van der Waals surface area (Å²) in [4.78, 5) is 0. The van der Waals surface area contributed by atoms with Crippen LogP contribution in [0.5, 0.6) is 11.5 Å². The number of ether oxygens (including phenoxy) is 1. The maximum Gasteiger partial charge on any atom is 0.380 e. The lowest BCUT2D eigenvalue weighted by Crippen LogP contribution is -1.99. The van der Waals surface area contributed by atoms with Crippen molar-refractivity contribution in [1.82, 2.24) is 0 Å². The van der Waals surface area contributed by atoms with E-state index in [0.29, 0.717) is 17.1 Å². The molecule has 5 nitrogen and oxygen atoms in total. The van der Waals surface area contributed by atoms with Gasteiger partial charge in [-0.25, -0.2) is 0 Å². The lowest BCUT2D eigenvalue weighted by atomic mass is 10.2. The molecule has 1 aromatic rings. The molecule has 0 fully saturated rings. The molecule has 0 heterocycles. The van der Waals surface area contributed by atoms with Crippen molar-refractivity contribution >= 4 is 18.5 Å². The highest BCUT2D eigenvalue weighted by Gasteiger charge is 2.20. The van der Waals surface area contributed by atoms with Crippen molar-refractivity contribution in [3.63, 3.8) is 0 Å². The highest BCUT2D eigenvalue weighted by molar-refractivity contribution is 8.07. The van der Waals surface area contributed by atoms with Crippen LogP contribution < -0.4 is 9.26 Å². The number of methoxy groups -OCH3 is 1. The van der Waals surface area contributed by atoms with E-state index in [1.165, 1.54) is 21.3 Å². The van der Waals surface area contributed by atoms with Crippen LogP contribution in [0.4, 0.5) is 0 Å². The average molecular weight is 273 g/mol. The molecule has 0 aliphatic rings. The second kappa shape index (κ2) is 5.99. The zero-order chi connectivity index (χ0) is 12.9. The number of nitrogens with zero attached hydrogens (tertiary/aromatic N) is 1. The Bertz CT molecular complexity index is 478. The van der Waals surface area contributed by atoms with E-state index in [4.69, 9.17) is 35.4 Å². The minimum atomic E-state index is -2.80. The van der Waals surface area contributed by atoms with Crippen molar-refractivity contribution in [2.45, 2.75) is 0 Å². The Morgan fingerprint density at radius 3 is 2.29 bits per heavy atom. The largest absolute Gasteiger partial charge is 0.493 e. The molecule has 0 aliphatic carbocycles. The molecule has 0 atom stereocenters. The maximum absolute atomic E-state index is 8.76. The molecular weight excluding hydrogens is 261 g/mol. The van der Waals surface area contributed by atoms with Gasteiger partial charge in [0.2, 0.25) is 0 Å². The smallest absolute Gasteiger partial charge is 0.380 e. The Balaban J connectivity index is 3.07. The summed E-state index contributed by atoms with van der Waals surface area (Å²) >= 11 is 5.08. The van der Waals surface area contributed by atoms with E-state index in [2.05, 4.69) is 0 Å². The fourth-order valence-electron chi connectivity index (χ4n) is 1.08. The highest BCUT2D eigenvalue weighted by Crippen LogP contribution is 2.50. The zero-order valence-electron chi connectivity index (χ0n) is 9.67. The van der Waals surface area contributed by atoms with Gasteiger partial charge in [0, 0.05) is 32.1 Å². The average Bonchev–Trinajstić information content (AvgIpc) is 2.39. The zero-order valence-corrected chi connectivity index (χ0v) is 11.4. The third-order valence-electron chi connectivity index (χ3n) is 1.95. The van der Waals surface area contributed by atoms with Gasteiger partial charge in [-0.1, -0.05) is 0 Å². The van der Waals surface area contributed by atoms with Gasteiger partial charge in [0.1, 0.15) is 0 Å². The summed E-state index contributed by atoms with van der Waals surface area (Å²) in [5.74, 6) is 0.797. The lowest BCUT2D eigenvalue weighted by molar-refractivity contribution is 0.268. The summed E-state index contributed by atoms with van der Waals surface area (Å²) in [7, 11) is 4.31. The number of hydrogen-bond acceptors (Lipinski definition) is 6. The predicted octanol–water partition coefficient (Wildman–Crippen LogP) is 2.46. The van der Waals surface area contributed by atoms with Crippen LogP contribution in [0, 0.1) is 11.3 Å². The second-order valence-electron chi connectivity index (χ2n) is 2.88. The predicted molar refractivity (Wildman–Crippen MR) is 66.6 cm³/mol. The first kappa shape index (κ1) is 13.9. The van der Waals surface area contributed by atoms with Crippen LogP contribution in [-0.2, 0) is 20.9 Å². The molecule has 0 amide bonds. The molecule has 0 unspecified atom stereocenters. The molecule has 0 saturated heterocycles. The van der Waals surface area contributed by atoms with Crippen LogP contribution >= 0.6 is 6.72 Å². The summed E-state index contributed by atoms with van der Waals surface area (Å²) < 4.78 is 20.6. The van der Waals surface area contributed by atoms with Gasteiger partial charge in [-0.2, -0.15) is 5.26 Å². The molecule has 1 aromatic carbocycles. The summed E-state index contributed by atoms with van der Waals surface area (Å²) in [6.45, 7) is -2.80. The van der Waals surface area contributed by atoms with Crippen molar-refractivity contribution in [3.8, 4) is 17.6 Å². The first-order chi connectivity index (χ1) is 8.08. The molecule has 0 radical (unpaired) electrons. The maximum atomic E-state index is 8.76. The third-order valence-corrected chi connectivity index (χ3v) is 4.38. The van der Waals surface area contributed by atoms with E-state index < -0.39 is 6.72 Å². The molecule has 17 heavy (non-hydrogen) atoms.